The lowest BCUT2D eigenvalue weighted by molar-refractivity contribution is 0.201. The van der Waals surface area contributed by atoms with Crippen molar-refractivity contribution in [1.29, 1.82) is 0 Å². The van der Waals surface area contributed by atoms with Crippen molar-refractivity contribution in [2.24, 2.45) is 0 Å². The third-order valence-corrected chi connectivity index (χ3v) is 2.84. The van der Waals surface area contributed by atoms with Gasteiger partial charge < -0.3 is 14.0 Å². The fourth-order valence-corrected chi connectivity index (χ4v) is 2.07. The van der Waals surface area contributed by atoms with E-state index in [4.69, 9.17) is 14.0 Å². The van der Waals surface area contributed by atoms with Crippen LogP contribution in [0.5, 0.6) is 11.5 Å². The van der Waals surface area contributed by atoms with Gasteiger partial charge in [-0.3, -0.25) is 0 Å². The third kappa shape index (κ3) is 2.34. The van der Waals surface area contributed by atoms with Gasteiger partial charge in [0.15, 0.2) is 0 Å². The number of benzene rings is 1. The van der Waals surface area contributed by atoms with Crippen molar-refractivity contribution in [2.75, 3.05) is 13.2 Å². The molecule has 0 aromatic heterocycles. The third-order valence-electron chi connectivity index (χ3n) is 1.96. The maximum absolute atomic E-state index is 11.1. The van der Waals surface area contributed by atoms with Gasteiger partial charge in [0, 0.05) is 5.56 Å². The summed E-state index contributed by atoms with van der Waals surface area (Å²) in [5, 5.41) is 9.58. The van der Waals surface area contributed by atoms with E-state index in [9.17, 15) is 8.42 Å². The van der Waals surface area contributed by atoms with Crippen molar-refractivity contribution in [2.45, 2.75) is 0 Å². The zero-order valence-corrected chi connectivity index (χ0v) is 9.11. The Labute approximate surface area is 93.1 Å². The summed E-state index contributed by atoms with van der Waals surface area (Å²) in [6, 6.07) is 4.75. The van der Waals surface area contributed by atoms with Gasteiger partial charge in [-0.25, -0.2) is 0 Å². The summed E-state index contributed by atoms with van der Waals surface area (Å²) >= 11 is 0. The Bertz CT molecular complexity index is 518. The van der Waals surface area contributed by atoms with Crippen molar-refractivity contribution in [3.63, 3.8) is 0 Å². The second kappa shape index (κ2) is 4.15. The van der Waals surface area contributed by atoms with Crippen LogP contribution in [0.15, 0.2) is 23.6 Å². The minimum absolute atomic E-state index is 0.0716. The van der Waals surface area contributed by atoms with Gasteiger partial charge in [0.2, 0.25) is 0 Å². The second-order valence-electron chi connectivity index (χ2n) is 3.15. The van der Waals surface area contributed by atoms with Crippen LogP contribution in [0.1, 0.15) is 5.56 Å². The summed E-state index contributed by atoms with van der Waals surface area (Å²) in [5.74, 6) is 0.833. The van der Waals surface area contributed by atoms with Crippen LogP contribution in [0, 0.1) is 0 Å². The molecular formula is C10H10O5S. The molecule has 0 atom stereocenters. The van der Waals surface area contributed by atoms with Crippen LogP contribution in [0.4, 0.5) is 0 Å². The highest BCUT2D eigenvalue weighted by molar-refractivity contribution is 7.90. The lowest BCUT2D eigenvalue weighted by atomic mass is 10.2. The summed E-state index contributed by atoms with van der Waals surface area (Å²) in [4.78, 5) is 0. The molecule has 0 bridgehead atoms. The lowest BCUT2D eigenvalue weighted by Crippen LogP contribution is -2.09. The maximum atomic E-state index is 11.1. The van der Waals surface area contributed by atoms with Crippen LogP contribution in [-0.4, -0.2) is 26.7 Å². The first kappa shape index (κ1) is 11.0. The van der Waals surface area contributed by atoms with Gasteiger partial charge in [0.1, 0.15) is 18.1 Å². The molecule has 0 amide bonds. The molecule has 1 heterocycles. The fourth-order valence-electron chi connectivity index (χ4n) is 1.30. The molecular weight excluding hydrogens is 232 g/mol. The molecule has 0 spiro atoms. The predicted molar refractivity (Wildman–Crippen MR) is 57.6 cm³/mol. The highest BCUT2D eigenvalue weighted by Gasteiger charge is 2.16. The van der Waals surface area contributed by atoms with Crippen molar-refractivity contribution >= 4 is 16.2 Å². The Morgan fingerprint density at radius 3 is 2.94 bits per heavy atom. The summed E-state index contributed by atoms with van der Waals surface area (Å²) < 4.78 is 32.1. The molecule has 0 fully saturated rings. The van der Waals surface area contributed by atoms with Gasteiger partial charge in [-0.1, -0.05) is 0 Å². The van der Waals surface area contributed by atoms with E-state index in [1.807, 2.05) is 0 Å². The number of hydrogen-bond acceptors (Lipinski definition) is 5. The molecule has 16 heavy (non-hydrogen) atoms. The molecule has 0 saturated carbocycles. The summed E-state index contributed by atoms with van der Waals surface area (Å²) in [6.07, 6.45) is 1.44. The molecule has 1 aliphatic rings. The number of rotatable bonds is 3. The van der Waals surface area contributed by atoms with Gasteiger partial charge >= 0.3 is 10.1 Å². The van der Waals surface area contributed by atoms with Crippen LogP contribution in [0.3, 0.4) is 0 Å². The predicted octanol–water partition coefficient (Wildman–Crippen LogP) is 0.751. The molecule has 6 heteroatoms. The first-order valence-electron chi connectivity index (χ1n) is 4.61. The smallest absolute Gasteiger partial charge is 0.332 e. The van der Waals surface area contributed by atoms with E-state index in [2.05, 4.69) is 0 Å². The summed E-state index contributed by atoms with van der Waals surface area (Å²) in [7, 11) is -3.59. The van der Waals surface area contributed by atoms with Crippen LogP contribution in [0.2, 0.25) is 0 Å². The van der Waals surface area contributed by atoms with E-state index in [0.29, 0.717) is 11.3 Å². The number of aliphatic hydroxyl groups excluding tert-OH is 1. The lowest BCUT2D eigenvalue weighted by Gasteiger charge is -2.13. The zero-order chi connectivity index (χ0) is 11.6. The van der Waals surface area contributed by atoms with Gasteiger partial charge in [-0.05, 0) is 24.3 Å². The molecule has 0 unspecified atom stereocenters. The topological polar surface area (TPSA) is 72.8 Å². The van der Waals surface area contributed by atoms with E-state index in [-0.39, 0.29) is 19.0 Å². The monoisotopic (exact) mass is 242 g/mol. The number of fused-ring (bicyclic) bond motifs is 1. The molecule has 5 nitrogen and oxygen atoms in total. The van der Waals surface area contributed by atoms with Crippen LogP contribution >= 0.6 is 0 Å². The van der Waals surface area contributed by atoms with Crippen molar-refractivity contribution in [1.82, 2.24) is 0 Å². The van der Waals surface area contributed by atoms with E-state index in [0.717, 1.165) is 5.41 Å². The minimum atomic E-state index is -3.59. The maximum Gasteiger partial charge on any atom is 0.332 e. The Balaban J connectivity index is 2.28. The molecule has 0 radical (unpaired) electrons. The Morgan fingerprint density at radius 1 is 1.38 bits per heavy atom. The quantitative estimate of drug-likeness (QED) is 0.792. The highest BCUT2D eigenvalue weighted by Crippen LogP contribution is 2.30. The van der Waals surface area contributed by atoms with Gasteiger partial charge in [0.05, 0.1) is 12.0 Å². The average Bonchev–Trinajstić information content (AvgIpc) is 2.25. The minimum Gasteiger partial charge on any atom is -0.491 e. The molecule has 0 saturated heterocycles. The zero-order valence-electron chi connectivity index (χ0n) is 8.29. The van der Waals surface area contributed by atoms with E-state index >= 15 is 0 Å². The molecule has 1 aromatic carbocycles. The molecule has 1 aliphatic heterocycles. The second-order valence-corrected chi connectivity index (χ2v) is 4.58. The number of hydrogen-bond donors (Lipinski definition) is 1. The van der Waals surface area contributed by atoms with Crippen LogP contribution in [-0.2, 0) is 10.1 Å². The van der Waals surface area contributed by atoms with Crippen molar-refractivity contribution in [3.8, 4) is 11.5 Å². The Morgan fingerprint density at radius 2 is 2.19 bits per heavy atom. The van der Waals surface area contributed by atoms with Crippen molar-refractivity contribution in [3.05, 3.63) is 29.2 Å². The first-order valence-corrected chi connectivity index (χ1v) is 6.08. The molecule has 1 aromatic rings. The highest BCUT2D eigenvalue weighted by atomic mass is 32.2. The van der Waals surface area contributed by atoms with E-state index in [1.54, 1.807) is 12.1 Å². The van der Waals surface area contributed by atoms with E-state index < -0.39 is 10.1 Å². The molecule has 1 N–H and O–H groups in total. The van der Waals surface area contributed by atoms with Crippen molar-refractivity contribution < 1.29 is 22.4 Å². The standard InChI is InChI=1S/C10H10O5S/c11-4-5-14-9-1-2-10-8(7-9)3-6-16(12,13)15-10/h1-3,6-7,11H,4-5H2. The molecule has 2 rings (SSSR count). The Kier molecular flexibility index (Phi) is 2.84. The summed E-state index contributed by atoms with van der Waals surface area (Å²) in [6.45, 7) is 0.124. The van der Waals surface area contributed by atoms with Gasteiger partial charge in [-0.2, -0.15) is 8.42 Å². The SMILES string of the molecule is O=S1(=O)C=Cc2cc(OCCO)ccc2O1. The first-order chi connectivity index (χ1) is 7.61. The Hall–Kier alpha value is -1.53. The number of ether oxygens (including phenoxy) is 1. The largest absolute Gasteiger partial charge is 0.491 e. The van der Waals surface area contributed by atoms with Gasteiger partial charge in [-0.15, -0.1) is 0 Å². The summed E-state index contributed by atoms with van der Waals surface area (Å²) in [5.41, 5.74) is 0.630. The molecule has 0 aliphatic carbocycles. The van der Waals surface area contributed by atoms with Crippen LogP contribution in [0.25, 0.3) is 6.08 Å². The fraction of sp³-hybridized carbons (Fsp3) is 0.200. The molecule has 86 valence electrons. The average molecular weight is 242 g/mol. The van der Waals surface area contributed by atoms with E-state index in [1.165, 1.54) is 12.1 Å². The van der Waals surface area contributed by atoms with Crippen LogP contribution < -0.4 is 8.92 Å². The normalized spacial score (nSPS) is 16.3. The number of aliphatic hydroxyl groups is 1. The van der Waals surface area contributed by atoms with Gasteiger partial charge in [0.25, 0.3) is 0 Å².